The molecule has 0 aliphatic heterocycles. The maximum atomic E-state index is 13.2. The van der Waals surface area contributed by atoms with E-state index in [4.69, 9.17) is 0 Å². The number of benzene rings is 1. The molecule has 0 spiro atoms. The maximum absolute atomic E-state index is 13.2. The highest BCUT2D eigenvalue weighted by atomic mass is 19.1. The van der Waals surface area contributed by atoms with E-state index in [1.807, 2.05) is 0 Å². The van der Waals surface area contributed by atoms with E-state index in [9.17, 15) is 14.3 Å². The second-order valence-electron chi connectivity index (χ2n) is 4.03. The normalized spacial score (nSPS) is 16.1. The first-order valence-electron chi connectivity index (χ1n) is 5.52. The largest absolute Gasteiger partial charge is 0.469 e. The Balaban J connectivity index is 3.15. The first-order chi connectivity index (χ1) is 7.95. The fraction of sp³-hybridized carbons (Fsp3) is 0.462. The van der Waals surface area contributed by atoms with Gasteiger partial charge in [-0.2, -0.15) is 0 Å². The van der Waals surface area contributed by atoms with Gasteiger partial charge in [0.15, 0.2) is 0 Å². The summed E-state index contributed by atoms with van der Waals surface area (Å²) in [5.74, 6) is -1.70. The molecule has 1 aromatic rings. The molecule has 3 nitrogen and oxygen atoms in total. The fourth-order valence-electron chi connectivity index (χ4n) is 1.89. The molecule has 0 aliphatic rings. The molecule has 0 fully saturated rings. The Bertz CT molecular complexity index is 405. The Morgan fingerprint density at radius 1 is 1.59 bits per heavy atom. The van der Waals surface area contributed by atoms with Crippen LogP contribution < -0.4 is 0 Å². The monoisotopic (exact) mass is 240 g/mol. The predicted octanol–water partition coefficient (Wildman–Crippen LogP) is 2.23. The summed E-state index contributed by atoms with van der Waals surface area (Å²) in [6.45, 7) is 3.31. The van der Waals surface area contributed by atoms with Crippen molar-refractivity contribution in [3.63, 3.8) is 0 Å². The van der Waals surface area contributed by atoms with Crippen LogP contribution in [0.3, 0.4) is 0 Å². The van der Waals surface area contributed by atoms with Gasteiger partial charge in [-0.1, -0.05) is 19.1 Å². The highest BCUT2D eigenvalue weighted by Crippen LogP contribution is 2.34. The summed E-state index contributed by atoms with van der Waals surface area (Å²) in [5.41, 5.74) is -1.02. The van der Waals surface area contributed by atoms with Gasteiger partial charge in [-0.15, -0.1) is 0 Å². The SMILES string of the molecule is CCC(O)(c1cccc(F)c1)C(C)C(=O)OC. The molecule has 17 heavy (non-hydrogen) atoms. The van der Waals surface area contributed by atoms with E-state index >= 15 is 0 Å². The Morgan fingerprint density at radius 2 is 2.24 bits per heavy atom. The van der Waals surface area contributed by atoms with Gasteiger partial charge < -0.3 is 9.84 Å². The second-order valence-corrected chi connectivity index (χ2v) is 4.03. The predicted molar refractivity (Wildman–Crippen MR) is 61.8 cm³/mol. The van der Waals surface area contributed by atoms with Crippen LogP contribution in [0.15, 0.2) is 24.3 Å². The highest BCUT2D eigenvalue weighted by molar-refractivity contribution is 5.73. The van der Waals surface area contributed by atoms with Crippen molar-refractivity contribution in [2.75, 3.05) is 7.11 Å². The van der Waals surface area contributed by atoms with E-state index in [-0.39, 0.29) is 0 Å². The van der Waals surface area contributed by atoms with Gasteiger partial charge in [0.05, 0.1) is 13.0 Å². The number of rotatable bonds is 4. The summed E-state index contributed by atoms with van der Waals surface area (Å²) in [6.07, 6.45) is 0.298. The van der Waals surface area contributed by atoms with Crippen molar-refractivity contribution in [2.24, 2.45) is 5.92 Å². The minimum atomic E-state index is -1.41. The third kappa shape index (κ3) is 2.64. The van der Waals surface area contributed by atoms with Crippen molar-refractivity contribution >= 4 is 5.97 Å². The van der Waals surface area contributed by atoms with Crippen molar-refractivity contribution in [1.82, 2.24) is 0 Å². The molecule has 1 rings (SSSR count). The zero-order valence-electron chi connectivity index (χ0n) is 10.2. The molecule has 0 aromatic heterocycles. The first-order valence-corrected chi connectivity index (χ1v) is 5.52. The molecule has 1 N–H and O–H groups in total. The van der Waals surface area contributed by atoms with E-state index in [2.05, 4.69) is 4.74 Å². The average molecular weight is 240 g/mol. The number of esters is 1. The number of aliphatic hydroxyl groups is 1. The number of hydrogen-bond acceptors (Lipinski definition) is 3. The average Bonchev–Trinajstić information content (AvgIpc) is 2.35. The lowest BCUT2D eigenvalue weighted by Crippen LogP contribution is -2.38. The molecule has 4 heteroatoms. The van der Waals surface area contributed by atoms with Crippen molar-refractivity contribution in [1.29, 1.82) is 0 Å². The Hall–Kier alpha value is -1.42. The summed E-state index contributed by atoms with van der Waals surface area (Å²) in [4.78, 5) is 11.5. The molecule has 2 unspecified atom stereocenters. The van der Waals surface area contributed by atoms with Gasteiger partial charge in [0.1, 0.15) is 11.4 Å². The zero-order valence-corrected chi connectivity index (χ0v) is 10.2. The van der Waals surface area contributed by atoms with Crippen molar-refractivity contribution in [3.8, 4) is 0 Å². The third-order valence-electron chi connectivity index (χ3n) is 3.13. The van der Waals surface area contributed by atoms with Gasteiger partial charge in [0.25, 0.3) is 0 Å². The number of carbonyl (C=O) groups is 1. The molecule has 0 saturated heterocycles. The molecule has 0 amide bonds. The van der Waals surface area contributed by atoms with E-state index in [1.54, 1.807) is 19.9 Å². The standard InChI is InChI=1S/C13H17FO3/c1-4-13(16,9(2)12(15)17-3)10-6-5-7-11(14)8-10/h5-9,16H,4H2,1-3H3. The maximum Gasteiger partial charge on any atom is 0.311 e. The molecule has 0 bridgehead atoms. The molecule has 0 radical (unpaired) electrons. The van der Waals surface area contributed by atoms with Crippen molar-refractivity contribution in [3.05, 3.63) is 35.6 Å². The molecular formula is C13H17FO3. The molecule has 94 valence electrons. The van der Waals surface area contributed by atoms with Crippen LogP contribution in [0, 0.1) is 11.7 Å². The van der Waals surface area contributed by atoms with Gasteiger partial charge in [0, 0.05) is 0 Å². The first kappa shape index (κ1) is 13.6. The third-order valence-corrected chi connectivity index (χ3v) is 3.13. The van der Waals surface area contributed by atoms with Crippen LogP contribution in [0.1, 0.15) is 25.8 Å². The topological polar surface area (TPSA) is 46.5 Å². The summed E-state index contributed by atoms with van der Waals surface area (Å²) >= 11 is 0. The van der Waals surface area contributed by atoms with Gasteiger partial charge in [-0.05, 0) is 31.0 Å². The number of hydrogen-bond donors (Lipinski definition) is 1. The summed E-state index contributed by atoms with van der Waals surface area (Å²) < 4.78 is 17.8. The molecule has 1 aromatic carbocycles. The lowest BCUT2D eigenvalue weighted by atomic mass is 9.80. The second kappa shape index (κ2) is 5.27. The minimum absolute atomic E-state index is 0.298. The molecule has 0 heterocycles. The fourth-order valence-corrected chi connectivity index (χ4v) is 1.89. The smallest absolute Gasteiger partial charge is 0.311 e. The van der Waals surface area contributed by atoms with Crippen LogP contribution in [0.2, 0.25) is 0 Å². The van der Waals surface area contributed by atoms with E-state index in [0.29, 0.717) is 12.0 Å². The molecule has 2 atom stereocenters. The molecule has 0 aliphatic carbocycles. The summed E-state index contributed by atoms with van der Waals surface area (Å²) in [5, 5.41) is 10.5. The minimum Gasteiger partial charge on any atom is -0.469 e. The van der Waals surface area contributed by atoms with Crippen LogP contribution >= 0.6 is 0 Å². The summed E-state index contributed by atoms with van der Waals surface area (Å²) in [6, 6.07) is 5.65. The number of methoxy groups -OCH3 is 1. The Labute approximate surface area is 100 Å². The molecule has 0 saturated carbocycles. The summed E-state index contributed by atoms with van der Waals surface area (Å²) in [7, 11) is 1.26. The van der Waals surface area contributed by atoms with Crippen molar-refractivity contribution in [2.45, 2.75) is 25.9 Å². The Kier molecular flexibility index (Phi) is 4.23. The van der Waals surface area contributed by atoms with Crippen LogP contribution in [0.4, 0.5) is 4.39 Å². The molecular weight excluding hydrogens is 223 g/mol. The quantitative estimate of drug-likeness (QED) is 0.821. The van der Waals surface area contributed by atoms with E-state index in [0.717, 1.165) is 0 Å². The van der Waals surface area contributed by atoms with Crippen LogP contribution in [0.25, 0.3) is 0 Å². The van der Waals surface area contributed by atoms with E-state index < -0.39 is 23.3 Å². The van der Waals surface area contributed by atoms with Gasteiger partial charge in [0.2, 0.25) is 0 Å². The van der Waals surface area contributed by atoms with E-state index in [1.165, 1.54) is 25.3 Å². The highest BCUT2D eigenvalue weighted by Gasteiger charge is 2.39. The van der Waals surface area contributed by atoms with Crippen LogP contribution in [-0.4, -0.2) is 18.2 Å². The zero-order chi connectivity index (χ0) is 13.1. The Morgan fingerprint density at radius 3 is 2.71 bits per heavy atom. The number of ether oxygens (including phenoxy) is 1. The number of carbonyl (C=O) groups excluding carboxylic acids is 1. The van der Waals surface area contributed by atoms with Gasteiger partial charge in [-0.25, -0.2) is 4.39 Å². The lowest BCUT2D eigenvalue weighted by molar-refractivity contribution is -0.155. The van der Waals surface area contributed by atoms with Crippen molar-refractivity contribution < 1.29 is 19.0 Å². The lowest BCUT2D eigenvalue weighted by Gasteiger charge is -2.32. The van der Waals surface area contributed by atoms with Crippen LogP contribution in [-0.2, 0) is 15.1 Å². The number of halogens is 1. The van der Waals surface area contributed by atoms with Gasteiger partial charge >= 0.3 is 5.97 Å². The van der Waals surface area contributed by atoms with Gasteiger partial charge in [-0.3, -0.25) is 4.79 Å². The van der Waals surface area contributed by atoms with Crippen LogP contribution in [0.5, 0.6) is 0 Å².